The highest BCUT2D eigenvalue weighted by atomic mass is 16.6. The number of nitro groups is 1. The monoisotopic (exact) mass is 382 g/mol. The first-order valence-corrected chi connectivity index (χ1v) is 9.26. The molecule has 8 heteroatoms. The van der Waals surface area contributed by atoms with Crippen LogP contribution in [0, 0.1) is 10.1 Å². The summed E-state index contributed by atoms with van der Waals surface area (Å²) in [6.07, 6.45) is 1.72. The number of nitro benzene ring substituents is 1. The van der Waals surface area contributed by atoms with Crippen molar-refractivity contribution in [1.82, 2.24) is 4.90 Å². The van der Waals surface area contributed by atoms with Crippen molar-refractivity contribution in [3.05, 3.63) is 57.1 Å². The molecule has 0 spiro atoms. The van der Waals surface area contributed by atoms with Gasteiger partial charge in [0.15, 0.2) is 0 Å². The van der Waals surface area contributed by atoms with Crippen molar-refractivity contribution in [2.24, 2.45) is 0 Å². The van der Waals surface area contributed by atoms with Gasteiger partial charge in [-0.25, -0.2) is 0 Å². The normalized spacial score (nSPS) is 20.4. The SMILES string of the molecule is O=C1c2cc(Oc3cc4c(cc3[N+](=O)[O-])OCCC4O)ccc2CN1C1CC1. The topological polar surface area (TPSA) is 102 Å². The highest BCUT2D eigenvalue weighted by molar-refractivity contribution is 5.99. The molecule has 1 aliphatic carbocycles. The van der Waals surface area contributed by atoms with Gasteiger partial charge in [0.2, 0.25) is 5.75 Å². The number of aliphatic hydroxyl groups is 1. The number of ether oxygens (including phenoxy) is 2. The Morgan fingerprint density at radius 3 is 2.79 bits per heavy atom. The van der Waals surface area contributed by atoms with Gasteiger partial charge in [-0.05, 0) is 36.6 Å². The van der Waals surface area contributed by atoms with Gasteiger partial charge in [-0.3, -0.25) is 14.9 Å². The van der Waals surface area contributed by atoms with E-state index in [1.54, 1.807) is 12.1 Å². The molecular weight excluding hydrogens is 364 g/mol. The number of carbonyl (C=O) groups is 1. The van der Waals surface area contributed by atoms with E-state index in [1.165, 1.54) is 12.1 Å². The molecule has 0 bridgehead atoms. The van der Waals surface area contributed by atoms with Gasteiger partial charge in [0, 0.05) is 30.1 Å². The van der Waals surface area contributed by atoms with Crippen LogP contribution in [0.3, 0.4) is 0 Å². The predicted octanol–water partition coefficient (Wildman–Crippen LogP) is 3.32. The molecule has 0 saturated heterocycles. The summed E-state index contributed by atoms with van der Waals surface area (Å²) >= 11 is 0. The largest absolute Gasteiger partial charge is 0.493 e. The molecule has 2 heterocycles. The van der Waals surface area contributed by atoms with Crippen LogP contribution in [0.15, 0.2) is 30.3 Å². The van der Waals surface area contributed by atoms with E-state index in [0.717, 1.165) is 18.4 Å². The summed E-state index contributed by atoms with van der Waals surface area (Å²) in [5.74, 6) is 0.630. The quantitative estimate of drug-likeness (QED) is 0.643. The fourth-order valence-corrected chi connectivity index (χ4v) is 3.78. The van der Waals surface area contributed by atoms with Gasteiger partial charge in [-0.1, -0.05) is 6.07 Å². The van der Waals surface area contributed by atoms with Crippen molar-refractivity contribution in [1.29, 1.82) is 0 Å². The van der Waals surface area contributed by atoms with E-state index in [-0.39, 0.29) is 17.3 Å². The first-order valence-electron chi connectivity index (χ1n) is 9.26. The van der Waals surface area contributed by atoms with Crippen molar-refractivity contribution < 1.29 is 24.3 Å². The minimum atomic E-state index is -0.763. The standard InChI is InChI=1S/C20H18N2O6/c23-17-5-6-27-18-9-16(22(25)26)19(8-15(17)18)28-13-4-1-11-10-21(12-2-3-12)20(24)14(11)7-13/h1,4,7-9,12,17,23H,2-3,5-6,10H2. The maximum Gasteiger partial charge on any atom is 0.315 e. The van der Waals surface area contributed by atoms with E-state index in [2.05, 4.69) is 0 Å². The summed E-state index contributed by atoms with van der Waals surface area (Å²) in [5.41, 5.74) is 1.73. The average molecular weight is 382 g/mol. The molecule has 1 fully saturated rings. The fraction of sp³-hybridized carbons (Fsp3) is 0.350. The predicted molar refractivity (Wildman–Crippen MR) is 97.6 cm³/mol. The molecule has 1 unspecified atom stereocenters. The van der Waals surface area contributed by atoms with Gasteiger partial charge in [-0.15, -0.1) is 0 Å². The lowest BCUT2D eigenvalue weighted by molar-refractivity contribution is -0.385. The smallest absolute Gasteiger partial charge is 0.315 e. The number of fused-ring (bicyclic) bond motifs is 2. The van der Waals surface area contributed by atoms with Crippen molar-refractivity contribution >= 4 is 11.6 Å². The van der Waals surface area contributed by atoms with Gasteiger partial charge in [-0.2, -0.15) is 0 Å². The van der Waals surface area contributed by atoms with Crippen LogP contribution >= 0.6 is 0 Å². The van der Waals surface area contributed by atoms with Crippen LogP contribution in [0.25, 0.3) is 0 Å². The molecule has 2 aromatic rings. The lowest BCUT2D eigenvalue weighted by Crippen LogP contribution is -2.25. The number of aliphatic hydroxyl groups excluding tert-OH is 1. The van der Waals surface area contributed by atoms with Gasteiger partial charge in [0.05, 0.1) is 23.7 Å². The van der Waals surface area contributed by atoms with Crippen LogP contribution in [-0.2, 0) is 6.54 Å². The molecule has 0 aromatic heterocycles. The summed E-state index contributed by atoms with van der Waals surface area (Å²) < 4.78 is 11.2. The maximum atomic E-state index is 12.6. The van der Waals surface area contributed by atoms with Crippen LogP contribution in [0.2, 0.25) is 0 Å². The van der Waals surface area contributed by atoms with Gasteiger partial charge < -0.3 is 19.5 Å². The molecule has 0 radical (unpaired) electrons. The Morgan fingerprint density at radius 1 is 1.21 bits per heavy atom. The average Bonchev–Trinajstić information content (AvgIpc) is 3.46. The van der Waals surface area contributed by atoms with Gasteiger partial charge in [0.25, 0.3) is 5.91 Å². The van der Waals surface area contributed by atoms with Crippen molar-refractivity contribution in [3.63, 3.8) is 0 Å². The van der Waals surface area contributed by atoms with E-state index in [0.29, 0.717) is 48.2 Å². The Labute approximate surface area is 160 Å². The zero-order chi connectivity index (χ0) is 19.4. The number of hydrogen-bond acceptors (Lipinski definition) is 6. The molecule has 2 aromatic carbocycles. The highest BCUT2D eigenvalue weighted by Crippen LogP contribution is 2.43. The Kier molecular flexibility index (Phi) is 3.77. The zero-order valence-electron chi connectivity index (χ0n) is 15.0. The summed E-state index contributed by atoms with van der Waals surface area (Å²) in [5, 5.41) is 21.7. The molecule has 3 aliphatic rings. The maximum absolute atomic E-state index is 12.6. The first kappa shape index (κ1) is 17.0. The summed E-state index contributed by atoms with van der Waals surface area (Å²) in [7, 11) is 0. The minimum absolute atomic E-state index is 0.0118. The molecule has 28 heavy (non-hydrogen) atoms. The lowest BCUT2D eigenvalue weighted by atomic mass is 10.0. The molecule has 2 aliphatic heterocycles. The summed E-state index contributed by atoms with van der Waals surface area (Å²) in [6.45, 7) is 0.900. The number of benzene rings is 2. The Morgan fingerprint density at radius 2 is 2.04 bits per heavy atom. The first-order chi connectivity index (χ1) is 13.5. The molecule has 1 saturated carbocycles. The third-order valence-electron chi connectivity index (χ3n) is 5.42. The molecule has 1 atom stereocenters. The Hall–Kier alpha value is -3.13. The van der Waals surface area contributed by atoms with E-state index >= 15 is 0 Å². The van der Waals surface area contributed by atoms with Crippen LogP contribution in [0.4, 0.5) is 5.69 Å². The fourth-order valence-electron chi connectivity index (χ4n) is 3.78. The number of rotatable bonds is 4. The number of carbonyl (C=O) groups excluding carboxylic acids is 1. The van der Waals surface area contributed by atoms with Crippen LogP contribution in [0.1, 0.15) is 46.9 Å². The van der Waals surface area contributed by atoms with Gasteiger partial charge >= 0.3 is 5.69 Å². The highest BCUT2D eigenvalue weighted by Gasteiger charge is 2.38. The second kappa shape index (κ2) is 6.20. The number of amides is 1. The second-order valence-corrected chi connectivity index (χ2v) is 7.35. The molecule has 5 rings (SSSR count). The zero-order valence-corrected chi connectivity index (χ0v) is 15.0. The molecular formula is C20H18N2O6. The van der Waals surface area contributed by atoms with E-state index in [9.17, 15) is 20.0 Å². The molecule has 1 N–H and O–H groups in total. The van der Waals surface area contributed by atoms with Crippen LogP contribution in [0.5, 0.6) is 17.2 Å². The lowest BCUT2D eigenvalue weighted by Gasteiger charge is -2.22. The third-order valence-corrected chi connectivity index (χ3v) is 5.42. The third kappa shape index (κ3) is 2.77. The molecule has 144 valence electrons. The Balaban J connectivity index is 1.49. The van der Waals surface area contributed by atoms with Crippen molar-refractivity contribution in [2.45, 2.75) is 38.0 Å². The van der Waals surface area contributed by atoms with E-state index in [4.69, 9.17) is 9.47 Å². The summed E-state index contributed by atoms with van der Waals surface area (Å²) in [6, 6.07) is 8.22. The number of nitrogens with zero attached hydrogens (tertiary/aromatic N) is 2. The van der Waals surface area contributed by atoms with Crippen LogP contribution in [-0.4, -0.2) is 33.5 Å². The van der Waals surface area contributed by atoms with Crippen LogP contribution < -0.4 is 9.47 Å². The van der Waals surface area contributed by atoms with E-state index in [1.807, 2.05) is 11.0 Å². The van der Waals surface area contributed by atoms with Crippen molar-refractivity contribution in [2.75, 3.05) is 6.61 Å². The number of hydrogen-bond donors (Lipinski definition) is 1. The molecule has 8 nitrogen and oxygen atoms in total. The van der Waals surface area contributed by atoms with E-state index < -0.39 is 11.0 Å². The minimum Gasteiger partial charge on any atom is -0.493 e. The Bertz CT molecular complexity index is 1000. The second-order valence-electron chi connectivity index (χ2n) is 7.35. The summed E-state index contributed by atoms with van der Waals surface area (Å²) in [4.78, 5) is 25.4. The molecule has 1 amide bonds. The van der Waals surface area contributed by atoms with Crippen molar-refractivity contribution in [3.8, 4) is 17.2 Å². The van der Waals surface area contributed by atoms with Gasteiger partial charge in [0.1, 0.15) is 11.5 Å².